The van der Waals surface area contributed by atoms with Gasteiger partial charge in [0.15, 0.2) is 9.84 Å². The maximum absolute atomic E-state index is 12.3. The van der Waals surface area contributed by atoms with Crippen molar-refractivity contribution in [1.82, 2.24) is 10.2 Å². The standard InChI is InChI=1S/C16H24N2O3S2/c1-12(16(19)17-14-8-9-23(20,21)11-14)18(2)10-13-4-6-15(22-3)7-5-13/h4-7,12,14H,8-11H2,1-3H3,(H,17,19)/t12-,14-/m1/s1. The second kappa shape index (κ2) is 7.68. The highest BCUT2D eigenvalue weighted by Gasteiger charge is 2.30. The first-order valence-electron chi connectivity index (χ1n) is 7.64. The maximum atomic E-state index is 12.3. The molecule has 1 saturated heterocycles. The molecule has 5 nitrogen and oxygen atoms in total. The first-order valence-corrected chi connectivity index (χ1v) is 10.7. The number of carbonyl (C=O) groups is 1. The number of hydrogen-bond donors (Lipinski definition) is 1. The average Bonchev–Trinajstić information content (AvgIpc) is 2.85. The highest BCUT2D eigenvalue weighted by atomic mass is 32.2. The number of sulfone groups is 1. The Kier molecular flexibility index (Phi) is 6.11. The zero-order valence-corrected chi connectivity index (χ0v) is 15.4. The fourth-order valence-corrected chi connectivity index (χ4v) is 4.67. The number of likely N-dealkylation sites (N-methyl/N-ethyl adjacent to an activating group) is 1. The summed E-state index contributed by atoms with van der Waals surface area (Å²) in [6.45, 7) is 2.52. The van der Waals surface area contributed by atoms with E-state index in [4.69, 9.17) is 0 Å². The van der Waals surface area contributed by atoms with E-state index >= 15 is 0 Å². The molecule has 0 bridgehead atoms. The van der Waals surface area contributed by atoms with Crippen molar-refractivity contribution in [2.75, 3.05) is 24.8 Å². The molecule has 0 unspecified atom stereocenters. The molecule has 128 valence electrons. The highest BCUT2D eigenvalue weighted by molar-refractivity contribution is 7.98. The van der Waals surface area contributed by atoms with Crippen LogP contribution in [0.3, 0.4) is 0 Å². The minimum Gasteiger partial charge on any atom is -0.351 e. The maximum Gasteiger partial charge on any atom is 0.237 e. The lowest BCUT2D eigenvalue weighted by molar-refractivity contribution is -0.126. The Labute approximate surface area is 142 Å². The van der Waals surface area contributed by atoms with Gasteiger partial charge in [0.2, 0.25) is 5.91 Å². The van der Waals surface area contributed by atoms with Crippen LogP contribution in [0.2, 0.25) is 0 Å². The first-order chi connectivity index (χ1) is 10.8. The molecule has 1 aliphatic rings. The molecular formula is C16H24N2O3S2. The van der Waals surface area contributed by atoms with Crippen LogP contribution in [0.25, 0.3) is 0 Å². The van der Waals surface area contributed by atoms with Crippen molar-refractivity contribution in [3.05, 3.63) is 29.8 Å². The summed E-state index contributed by atoms with van der Waals surface area (Å²) in [6, 6.07) is 7.72. The monoisotopic (exact) mass is 356 g/mol. The fraction of sp³-hybridized carbons (Fsp3) is 0.562. The van der Waals surface area contributed by atoms with E-state index in [9.17, 15) is 13.2 Å². The normalized spacial score (nSPS) is 21.3. The van der Waals surface area contributed by atoms with Crippen molar-refractivity contribution in [3.8, 4) is 0 Å². The number of hydrogen-bond acceptors (Lipinski definition) is 5. The summed E-state index contributed by atoms with van der Waals surface area (Å²) in [5.41, 5.74) is 1.15. The molecule has 1 aliphatic heterocycles. The van der Waals surface area contributed by atoms with Crippen LogP contribution in [0.1, 0.15) is 18.9 Å². The average molecular weight is 357 g/mol. The lowest BCUT2D eigenvalue weighted by atomic mass is 10.1. The van der Waals surface area contributed by atoms with Gasteiger partial charge in [0.05, 0.1) is 17.5 Å². The van der Waals surface area contributed by atoms with E-state index in [0.717, 1.165) is 5.56 Å². The largest absolute Gasteiger partial charge is 0.351 e. The summed E-state index contributed by atoms with van der Waals surface area (Å²) < 4.78 is 22.9. The Balaban J connectivity index is 1.88. The van der Waals surface area contributed by atoms with Gasteiger partial charge in [-0.25, -0.2) is 8.42 Å². The molecule has 7 heteroatoms. The van der Waals surface area contributed by atoms with Crippen molar-refractivity contribution < 1.29 is 13.2 Å². The van der Waals surface area contributed by atoms with Gasteiger partial charge in [0.25, 0.3) is 0 Å². The van der Waals surface area contributed by atoms with Gasteiger partial charge in [0.1, 0.15) is 0 Å². The molecule has 23 heavy (non-hydrogen) atoms. The van der Waals surface area contributed by atoms with Crippen molar-refractivity contribution in [1.29, 1.82) is 0 Å². The second-order valence-electron chi connectivity index (χ2n) is 6.05. The summed E-state index contributed by atoms with van der Waals surface area (Å²) in [5, 5.41) is 2.86. The molecule has 0 saturated carbocycles. The van der Waals surface area contributed by atoms with Crippen molar-refractivity contribution in [2.45, 2.75) is 36.9 Å². The van der Waals surface area contributed by atoms with Crippen molar-refractivity contribution in [2.24, 2.45) is 0 Å². The Morgan fingerprint density at radius 1 is 1.39 bits per heavy atom. The quantitative estimate of drug-likeness (QED) is 0.783. The molecule has 1 N–H and O–H groups in total. The van der Waals surface area contributed by atoms with Gasteiger partial charge in [-0.05, 0) is 44.3 Å². The fourth-order valence-electron chi connectivity index (χ4n) is 2.59. The predicted molar refractivity (Wildman–Crippen MR) is 94.4 cm³/mol. The molecule has 0 radical (unpaired) electrons. The lowest BCUT2D eigenvalue weighted by Crippen LogP contribution is -2.47. The minimum atomic E-state index is -2.97. The molecule has 1 aromatic carbocycles. The van der Waals surface area contributed by atoms with E-state index in [0.29, 0.717) is 13.0 Å². The van der Waals surface area contributed by atoms with Crippen LogP contribution in [-0.2, 0) is 21.2 Å². The molecule has 2 atom stereocenters. The molecule has 2 rings (SSSR count). The molecular weight excluding hydrogens is 332 g/mol. The van der Waals surface area contributed by atoms with Gasteiger partial charge in [-0.3, -0.25) is 9.69 Å². The molecule has 1 amide bonds. The summed E-state index contributed by atoms with van der Waals surface area (Å²) in [4.78, 5) is 15.5. The Bertz CT molecular complexity index is 644. The zero-order valence-electron chi connectivity index (χ0n) is 13.8. The van der Waals surface area contributed by atoms with E-state index in [1.165, 1.54) is 4.90 Å². The Morgan fingerprint density at radius 2 is 2.04 bits per heavy atom. The van der Waals surface area contributed by atoms with Gasteiger partial charge >= 0.3 is 0 Å². The van der Waals surface area contributed by atoms with E-state index < -0.39 is 9.84 Å². The van der Waals surface area contributed by atoms with Gasteiger partial charge in [-0.1, -0.05) is 12.1 Å². The Hall–Kier alpha value is -1.05. The minimum absolute atomic E-state index is 0.0608. The third-order valence-electron chi connectivity index (χ3n) is 4.21. The molecule has 0 aliphatic carbocycles. The molecule has 0 spiro atoms. The van der Waals surface area contributed by atoms with Crippen LogP contribution in [0.5, 0.6) is 0 Å². The number of thioether (sulfide) groups is 1. The van der Waals surface area contributed by atoms with Crippen LogP contribution < -0.4 is 5.32 Å². The van der Waals surface area contributed by atoms with E-state index in [1.54, 1.807) is 11.8 Å². The summed E-state index contributed by atoms with van der Waals surface area (Å²) in [6.07, 6.45) is 2.55. The van der Waals surface area contributed by atoms with E-state index in [1.807, 2.05) is 25.1 Å². The summed E-state index contributed by atoms with van der Waals surface area (Å²) >= 11 is 1.70. The van der Waals surface area contributed by atoms with Crippen LogP contribution >= 0.6 is 11.8 Å². The predicted octanol–water partition coefficient (Wildman–Crippen LogP) is 1.53. The topological polar surface area (TPSA) is 66.5 Å². The van der Waals surface area contributed by atoms with Crippen LogP contribution in [0.15, 0.2) is 29.2 Å². The highest BCUT2D eigenvalue weighted by Crippen LogP contribution is 2.16. The second-order valence-corrected chi connectivity index (χ2v) is 9.16. The Morgan fingerprint density at radius 3 is 2.57 bits per heavy atom. The van der Waals surface area contributed by atoms with Gasteiger partial charge < -0.3 is 5.32 Å². The lowest BCUT2D eigenvalue weighted by Gasteiger charge is -2.25. The van der Waals surface area contributed by atoms with Gasteiger partial charge in [-0.15, -0.1) is 11.8 Å². The summed E-state index contributed by atoms with van der Waals surface area (Å²) in [5.74, 6) is 0.116. The number of amides is 1. The number of nitrogens with zero attached hydrogens (tertiary/aromatic N) is 1. The van der Waals surface area contributed by atoms with Crippen LogP contribution in [0, 0.1) is 0 Å². The summed E-state index contributed by atoms with van der Waals surface area (Å²) in [7, 11) is -1.07. The van der Waals surface area contributed by atoms with Gasteiger partial charge in [-0.2, -0.15) is 0 Å². The SMILES string of the molecule is CSc1ccc(CN(C)[C@H](C)C(=O)N[C@@H]2CCS(=O)(=O)C2)cc1. The molecule has 0 aromatic heterocycles. The molecule has 1 fully saturated rings. The molecule has 1 heterocycles. The smallest absolute Gasteiger partial charge is 0.237 e. The van der Waals surface area contributed by atoms with Crippen molar-refractivity contribution >= 4 is 27.5 Å². The van der Waals surface area contributed by atoms with E-state index in [-0.39, 0.29) is 29.5 Å². The third-order valence-corrected chi connectivity index (χ3v) is 6.72. The number of benzene rings is 1. The zero-order chi connectivity index (χ0) is 17.0. The van der Waals surface area contributed by atoms with Crippen LogP contribution in [-0.4, -0.2) is 56.1 Å². The van der Waals surface area contributed by atoms with E-state index in [2.05, 4.69) is 29.6 Å². The van der Waals surface area contributed by atoms with Crippen LogP contribution in [0.4, 0.5) is 0 Å². The van der Waals surface area contributed by atoms with Crippen molar-refractivity contribution in [3.63, 3.8) is 0 Å². The number of carbonyl (C=O) groups excluding carboxylic acids is 1. The third kappa shape index (κ3) is 5.22. The number of rotatable bonds is 6. The molecule has 1 aromatic rings. The number of nitrogens with one attached hydrogen (secondary N) is 1. The van der Waals surface area contributed by atoms with Gasteiger partial charge in [0, 0.05) is 17.5 Å². The first kappa shape index (κ1) is 18.3.